The Morgan fingerprint density at radius 2 is 1.94 bits per heavy atom. The van der Waals surface area contributed by atoms with Gasteiger partial charge in [-0.1, -0.05) is 0 Å². The number of hydrogen-bond acceptors (Lipinski definition) is 4. The van der Waals surface area contributed by atoms with Gasteiger partial charge in [-0.05, 0) is 6.92 Å². The van der Waals surface area contributed by atoms with Crippen LogP contribution in [-0.4, -0.2) is 29.6 Å². The van der Waals surface area contributed by atoms with Crippen LogP contribution in [0.3, 0.4) is 0 Å². The Kier molecular flexibility index (Phi) is 3.67. The maximum Gasteiger partial charge on any atom is 0.365 e. The number of hydrogen-bond donors (Lipinski definition) is 0. The third-order valence-electron chi connectivity index (χ3n) is 1.82. The van der Waals surface area contributed by atoms with Crippen molar-refractivity contribution in [2.45, 2.75) is 31.0 Å². The van der Waals surface area contributed by atoms with Crippen molar-refractivity contribution >= 4 is 19.7 Å². The van der Waals surface area contributed by atoms with Crippen molar-refractivity contribution in [1.82, 2.24) is 14.8 Å². The molecular formula is C6H6ClF4N3O2S. The normalized spacial score (nSPS) is 13.4. The van der Waals surface area contributed by atoms with Crippen LogP contribution in [0.5, 0.6) is 0 Å². The van der Waals surface area contributed by atoms with Crippen molar-refractivity contribution in [3.05, 3.63) is 5.82 Å². The molecule has 0 aliphatic rings. The second-order valence-electron chi connectivity index (χ2n) is 2.91. The highest BCUT2D eigenvalue weighted by Gasteiger charge is 2.48. The summed E-state index contributed by atoms with van der Waals surface area (Å²) in [5.74, 6) is -6.03. The lowest BCUT2D eigenvalue weighted by molar-refractivity contribution is -0.143. The van der Waals surface area contributed by atoms with Gasteiger partial charge in [-0.3, -0.25) is 4.57 Å². The van der Waals surface area contributed by atoms with Crippen molar-refractivity contribution in [1.29, 1.82) is 0 Å². The van der Waals surface area contributed by atoms with E-state index >= 15 is 0 Å². The molecule has 0 fully saturated rings. The average Bonchev–Trinajstić information content (AvgIpc) is 2.60. The van der Waals surface area contributed by atoms with Crippen molar-refractivity contribution < 1.29 is 26.0 Å². The Morgan fingerprint density at radius 1 is 1.41 bits per heavy atom. The first-order chi connectivity index (χ1) is 7.62. The molecule has 0 saturated heterocycles. The average molecular weight is 296 g/mol. The summed E-state index contributed by atoms with van der Waals surface area (Å²) < 4.78 is 72.4. The number of alkyl halides is 4. The van der Waals surface area contributed by atoms with Gasteiger partial charge >= 0.3 is 12.3 Å². The SMILES string of the molecule is CCn1c(C(F)(F)C(F)F)nnc1S(=O)(=O)Cl. The molecule has 0 atom stereocenters. The zero-order valence-corrected chi connectivity index (χ0v) is 9.81. The summed E-state index contributed by atoms with van der Waals surface area (Å²) in [6.45, 7) is 0.923. The van der Waals surface area contributed by atoms with E-state index in [4.69, 9.17) is 10.7 Å². The highest BCUT2D eigenvalue weighted by Crippen LogP contribution is 2.34. The summed E-state index contributed by atoms with van der Waals surface area (Å²) in [6, 6.07) is 0. The van der Waals surface area contributed by atoms with Gasteiger partial charge in [0.1, 0.15) is 0 Å². The maximum absolute atomic E-state index is 13.0. The number of rotatable bonds is 4. The Labute approximate surface area is 97.8 Å². The molecule has 0 saturated carbocycles. The van der Waals surface area contributed by atoms with Crippen LogP contribution in [-0.2, 0) is 21.5 Å². The van der Waals surface area contributed by atoms with Gasteiger partial charge in [0.25, 0.3) is 14.2 Å². The van der Waals surface area contributed by atoms with Crippen LogP contribution in [0.2, 0.25) is 0 Å². The summed E-state index contributed by atoms with van der Waals surface area (Å²) in [4.78, 5) is 0. The van der Waals surface area contributed by atoms with E-state index < -0.39 is 32.4 Å². The lowest BCUT2D eigenvalue weighted by Gasteiger charge is -2.15. The van der Waals surface area contributed by atoms with E-state index in [9.17, 15) is 26.0 Å². The predicted octanol–water partition coefficient (Wildman–Crippen LogP) is 1.58. The fourth-order valence-electron chi connectivity index (χ4n) is 1.10. The van der Waals surface area contributed by atoms with E-state index in [1.807, 2.05) is 0 Å². The third kappa shape index (κ3) is 2.51. The van der Waals surface area contributed by atoms with E-state index in [0.717, 1.165) is 0 Å². The van der Waals surface area contributed by atoms with E-state index in [-0.39, 0.29) is 6.54 Å². The molecule has 0 amide bonds. The molecule has 0 aliphatic carbocycles. The zero-order valence-electron chi connectivity index (χ0n) is 8.24. The predicted molar refractivity (Wildman–Crippen MR) is 48.6 cm³/mol. The third-order valence-corrected chi connectivity index (χ3v) is 2.98. The molecule has 1 aromatic heterocycles. The van der Waals surface area contributed by atoms with Crippen LogP contribution in [0, 0.1) is 0 Å². The lowest BCUT2D eigenvalue weighted by Crippen LogP contribution is -2.28. The fraction of sp³-hybridized carbons (Fsp3) is 0.667. The fourth-order valence-corrected chi connectivity index (χ4v) is 2.06. The molecular weight excluding hydrogens is 290 g/mol. The van der Waals surface area contributed by atoms with E-state index in [0.29, 0.717) is 4.57 Å². The molecule has 11 heteroatoms. The Bertz CT molecular complexity index is 515. The molecule has 0 radical (unpaired) electrons. The Balaban J connectivity index is 3.44. The van der Waals surface area contributed by atoms with Gasteiger partial charge in [0.15, 0.2) is 0 Å². The van der Waals surface area contributed by atoms with Crippen LogP contribution in [0.15, 0.2) is 5.16 Å². The second-order valence-corrected chi connectivity index (χ2v) is 5.37. The van der Waals surface area contributed by atoms with Crippen molar-refractivity contribution in [2.75, 3.05) is 0 Å². The minimum Gasteiger partial charge on any atom is -0.296 e. The Hall–Kier alpha value is -0.900. The molecule has 0 bridgehead atoms. The summed E-state index contributed by atoms with van der Waals surface area (Å²) in [5, 5.41) is 4.66. The minimum absolute atomic E-state index is 0.328. The Morgan fingerprint density at radius 3 is 2.29 bits per heavy atom. The molecule has 1 aromatic rings. The second kappa shape index (κ2) is 4.41. The largest absolute Gasteiger partial charge is 0.365 e. The van der Waals surface area contributed by atoms with Crippen LogP contribution in [0.4, 0.5) is 17.6 Å². The summed E-state index contributed by atoms with van der Waals surface area (Å²) in [7, 11) is 0.475. The zero-order chi connectivity index (χ0) is 13.4. The summed E-state index contributed by atoms with van der Waals surface area (Å²) in [5.41, 5.74) is 0. The molecule has 1 heterocycles. The molecule has 1 rings (SSSR count). The van der Waals surface area contributed by atoms with Gasteiger partial charge in [-0.25, -0.2) is 17.2 Å². The molecule has 0 aliphatic heterocycles. The summed E-state index contributed by atoms with van der Waals surface area (Å²) >= 11 is 0. The molecule has 5 nitrogen and oxygen atoms in total. The van der Waals surface area contributed by atoms with Crippen LogP contribution in [0.25, 0.3) is 0 Å². The van der Waals surface area contributed by atoms with Crippen molar-refractivity contribution in [3.63, 3.8) is 0 Å². The molecule has 0 aromatic carbocycles. The van der Waals surface area contributed by atoms with E-state index in [2.05, 4.69) is 10.2 Å². The van der Waals surface area contributed by atoms with Gasteiger partial charge in [0, 0.05) is 17.2 Å². The van der Waals surface area contributed by atoms with E-state index in [1.54, 1.807) is 0 Å². The van der Waals surface area contributed by atoms with Gasteiger partial charge < -0.3 is 0 Å². The first-order valence-electron chi connectivity index (χ1n) is 4.16. The number of nitrogens with zero attached hydrogens (tertiary/aromatic N) is 3. The van der Waals surface area contributed by atoms with Gasteiger partial charge in [-0.2, -0.15) is 8.78 Å². The van der Waals surface area contributed by atoms with Crippen LogP contribution in [0.1, 0.15) is 12.7 Å². The highest BCUT2D eigenvalue weighted by molar-refractivity contribution is 8.13. The quantitative estimate of drug-likeness (QED) is 0.625. The molecule has 98 valence electrons. The topological polar surface area (TPSA) is 64.8 Å². The van der Waals surface area contributed by atoms with Crippen LogP contribution >= 0.6 is 10.7 Å². The highest BCUT2D eigenvalue weighted by atomic mass is 35.7. The maximum atomic E-state index is 13.0. The summed E-state index contributed by atoms with van der Waals surface area (Å²) in [6.07, 6.45) is -4.03. The van der Waals surface area contributed by atoms with Crippen LogP contribution < -0.4 is 0 Å². The minimum atomic E-state index is -4.59. The molecule has 0 N–H and O–H groups in total. The van der Waals surface area contributed by atoms with E-state index in [1.165, 1.54) is 6.92 Å². The van der Waals surface area contributed by atoms with Gasteiger partial charge in [0.05, 0.1) is 0 Å². The first-order valence-corrected chi connectivity index (χ1v) is 6.47. The number of halogens is 5. The van der Waals surface area contributed by atoms with Crippen molar-refractivity contribution in [2.24, 2.45) is 0 Å². The lowest BCUT2D eigenvalue weighted by atomic mass is 10.3. The van der Waals surface area contributed by atoms with Gasteiger partial charge in [-0.15, -0.1) is 10.2 Å². The van der Waals surface area contributed by atoms with Crippen molar-refractivity contribution in [3.8, 4) is 0 Å². The standard InChI is InChI=1S/C6H6ClF4N3O2S/c1-2-14-4(6(10,11)3(8)9)12-13-5(14)17(7,15)16/h3H,2H2,1H3. The smallest absolute Gasteiger partial charge is 0.296 e. The van der Waals surface area contributed by atoms with Gasteiger partial charge in [0.2, 0.25) is 5.82 Å². The first kappa shape index (κ1) is 14.2. The molecule has 0 unspecified atom stereocenters. The number of aromatic nitrogens is 3. The molecule has 0 spiro atoms. The molecule has 17 heavy (non-hydrogen) atoms. The monoisotopic (exact) mass is 295 g/mol.